The second-order valence-corrected chi connectivity index (χ2v) is 11.2. The Balaban J connectivity index is 1.56. The van der Waals surface area contributed by atoms with Crippen LogP contribution in [0, 0.1) is 0 Å². The minimum atomic E-state index is -4.88. The molecule has 202 valence electrons. The predicted molar refractivity (Wildman–Crippen MR) is 127 cm³/mol. The average Bonchev–Trinajstić information content (AvgIpc) is 3.53. The molecule has 2 fully saturated rings. The van der Waals surface area contributed by atoms with Crippen LogP contribution in [0.1, 0.15) is 31.9 Å². The maximum absolute atomic E-state index is 12.2. The molecule has 1 saturated heterocycles. The Morgan fingerprint density at radius 1 is 1.19 bits per heavy atom. The van der Waals surface area contributed by atoms with Crippen LogP contribution in [-0.4, -0.2) is 103 Å². The number of methoxy groups -OCH3 is 2. The molecule has 3 heterocycles. The first-order chi connectivity index (χ1) is 17.1. The van der Waals surface area contributed by atoms with Crippen molar-refractivity contribution in [2.24, 2.45) is 0 Å². The molecule has 1 saturated carbocycles. The fourth-order valence-electron chi connectivity index (χ4n) is 4.59. The number of rotatable bonds is 11. The molecule has 2 aliphatic rings. The summed E-state index contributed by atoms with van der Waals surface area (Å²) in [5, 5.41) is 27.5. The van der Waals surface area contributed by atoms with Gasteiger partial charge in [0.25, 0.3) is 0 Å². The molecule has 0 unspecified atom stereocenters. The highest BCUT2D eigenvalue weighted by Crippen LogP contribution is 2.52. The molecule has 4 atom stereocenters. The lowest BCUT2D eigenvalue weighted by atomic mass is 10.1. The van der Waals surface area contributed by atoms with Crippen LogP contribution < -0.4 is 5.32 Å². The van der Waals surface area contributed by atoms with Crippen molar-refractivity contribution in [3.63, 3.8) is 0 Å². The van der Waals surface area contributed by atoms with Gasteiger partial charge in [-0.2, -0.15) is 15.1 Å². The Kier molecular flexibility index (Phi) is 8.52. The second-order valence-electron chi connectivity index (χ2n) is 9.01. The molecular weight excluding hydrogens is 521 g/mol. The monoisotopic (exact) mass is 551 g/mol. The van der Waals surface area contributed by atoms with Gasteiger partial charge in [0.05, 0.1) is 31.4 Å². The van der Waals surface area contributed by atoms with Gasteiger partial charge in [-0.15, -0.1) is 0 Å². The fraction of sp³-hybridized carbons (Fsp3) is 0.750. The largest absolute Gasteiger partial charge is 0.387 e. The van der Waals surface area contributed by atoms with E-state index in [1.165, 1.54) is 25.1 Å². The van der Waals surface area contributed by atoms with Gasteiger partial charge in [0.15, 0.2) is 11.9 Å². The first-order valence-electron chi connectivity index (χ1n) is 11.5. The van der Waals surface area contributed by atoms with E-state index in [0.29, 0.717) is 11.2 Å². The van der Waals surface area contributed by atoms with Crippen molar-refractivity contribution >= 4 is 36.0 Å². The fourth-order valence-corrected chi connectivity index (χ4v) is 5.60. The van der Waals surface area contributed by atoms with Crippen molar-refractivity contribution in [1.82, 2.24) is 19.7 Å². The highest BCUT2D eigenvalue weighted by Gasteiger charge is 2.52. The number of fused-ring (bicyclic) bond motifs is 1. The molecule has 14 nitrogen and oxygen atoms in total. The van der Waals surface area contributed by atoms with Gasteiger partial charge in [-0.05, 0) is 24.4 Å². The van der Waals surface area contributed by atoms with Crippen molar-refractivity contribution in [2.45, 2.75) is 61.6 Å². The number of nitrogens with zero attached hydrogens (tertiary/aromatic N) is 4. The maximum atomic E-state index is 12.2. The summed E-state index contributed by atoms with van der Waals surface area (Å²) in [5.41, 5.74) is 0.289. The number of hydrogen-bond acceptors (Lipinski definition) is 11. The van der Waals surface area contributed by atoms with Crippen molar-refractivity contribution in [3.05, 3.63) is 11.5 Å². The Hall–Kier alpha value is -1.45. The van der Waals surface area contributed by atoms with Gasteiger partial charge in [-0.3, -0.25) is 4.57 Å². The third kappa shape index (κ3) is 5.39. The van der Waals surface area contributed by atoms with Crippen molar-refractivity contribution in [3.8, 4) is 0 Å². The molecule has 0 radical (unpaired) electrons. The summed E-state index contributed by atoms with van der Waals surface area (Å²) in [6.07, 6.45) is 0.558. The highest BCUT2D eigenvalue weighted by atomic mass is 35.5. The van der Waals surface area contributed by atoms with Crippen LogP contribution in [0.2, 0.25) is 5.28 Å². The van der Waals surface area contributed by atoms with Gasteiger partial charge >= 0.3 is 7.60 Å². The van der Waals surface area contributed by atoms with Crippen LogP contribution in [0.15, 0.2) is 6.20 Å². The van der Waals surface area contributed by atoms with E-state index in [2.05, 4.69) is 20.4 Å². The zero-order chi connectivity index (χ0) is 26.1. The zero-order valence-electron chi connectivity index (χ0n) is 19.9. The van der Waals surface area contributed by atoms with Gasteiger partial charge in [0, 0.05) is 20.3 Å². The summed E-state index contributed by atoms with van der Waals surface area (Å²) in [4.78, 5) is 28.3. The Labute approximate surface area is 212 Å². The number of aliphatic hydroxyl groups is 2. The number of aliphatic hydroxyl groups excluding tert-OH is 2. The van der Waals surface area contributed by atoms with Crippen LogP contribution in [0.25, 0.3) is 11.0 Å². The lowest BCUT2D eigenvalue weighted by molar-refractivity contribution is -0.129. The van der Waals surface area contributed by atoms with Crippen molar-refractivity contribution < 1.29 is 43.5 Å². The molecule has 0 bridgehead atoms. The maximum Gasteiger partial charge on any atom is 0.361 e. The van der Waals surface area contributed by atoms with Gasteiger partial charge in [-0.1, -0.05) is 12.8 Å². The van der Waals surface area contributed by atoms with Gasteiger partial charge in [0.1, 0.15) is 24.1 Å². The number of ether oxygens (including phenoxy) is 4. The Morgan fingerprint density at radius 2 is 1.86 bits per heavy atom. The zero-order valence-corrected chi connectivity index (χ0v) is 21.5. The van der Waals surface area contributed by atoms with E-state index in [1.54, 1.807) is 0 Å². The summed E-state index contributed by atoms with van der Waals surface area (Å²) >= 11 is 6.17. The molecule has 36 heavy (non-hydrogen) atoms. The van der Waals surface area contributed by atoms with Gasteiger partial charge in [-0.25, -0.2) is 4.68 Å². The van der Waals surface area contributed by atoms with Crippen LogP contribution in [-0.2, 0) is 23.5 Å². The molecule has 16 heteroatoms. The summed E-state index contributed by atoms with van der Waals surface area (Å²) in [6.45, 7) is -1.43. The molecule has 1 aliphatic heterocycles. The normalized spacial score (nSPS) is 25.8. The van der Waals surface area contributed by atoms with E-state index in [0.717, 1.165) is 25.7 Å². The standard InChI is InChI=1S/C20H31ClN5O9P/c1-32-9-20(10-33-2,36(29,30)31)34-8-13-14(27)15(28)18(35-13)26-17-12(7-22-26)16(24-19(21)25-17)23-11-5-3-4-6-11/h7,11,13-15,18,27-28H,3-6,8-10H2,1-2H3,(H,23,24,25)(H2,29,30,31)/t13-,14-,15-,18-/m1/s1. The van der Waals surface area contributed by atoms with E-state index in [-0.39, 0.29) is 17.0 Å². The lowest BCUT2D eigenvalue weighted by Gasteiger charge is -2.33. The number of aromatic nitrogens is 4. The summed E-state index contributed by atoms with van der Waals surface area (Å²) in [6, 6.07) is 0.257. The minimum absolute atomic E-state index is 0.0248. The topological polar surface area (TPSA) is 191 Å². The third-order valence-corrected chi connectivity index (χ3v) is 8.11. The molecule has 1 aliphatic carbocycles. The van der Waals surface area contributed by atoms with Crippen LogP contribution in [0.3, 0.4) is 0 Å². The Morgan fingerprint density at radius 3 is 2.47 bits per heavy atom. The molecule has 4 rings (SSSR count). The Bertz CT molecular complexity index is 1090. The molecule has 0 aromatic carbocycles. The molecule has 0 amide bonds. The molecule has 5 N–H and O–H groups in total. The summed E-state index contributed by atoms with van der Waals surface area (Å²) < 4.78 is 34.8. The molecule has 0 spiro atoms. The van der Waals surface area contributed by atoms with E-state index in [9.17, 15) is 24.6 Å². The summed E-state index contributed by atoms with van der Waals surface area (Å²) in [7, 11) is -2.36. The van der Waals surface area contributed by atoms with Crippen molar-refractivity contribution in [1.29, 1.82) is 0 Å². The van der Waals surface area contributed by atoms with Crippen LogP contribution in [0.5, 0.6) is 0 Å². The van der Waals surface area contributed by atoms with E-state index in [1.807, 2.05) is 0 Å². The van der Waals surface area contributed by atoms with E-state index in [4.69, 9.17) is 30.5 Å². The molecular formula is C20H31ClN5O9P. The van der Waals surface area contributed by atoms with Gasteiger partial charge < -0.3 is 44.3 Å². The average molecular weight is 552 g/mol. The summed E-state index contributed by atoms with van der Waals surface area (Å²) in [5.74, 6) is 0.515. The second kappa shape index (κ2) is 11.1. The van der Waals surface area contributed by atoms with Crippen LogP contribution in [0.4, 0.5) is 5.82 Å². The van der Waals surface area contributed by atoms with Crippen LogP contribution >= 0.6 is 19.2 Å². The molecule has 2 aromatic heterocycles. The SMILES string of the molecule is COCC(COC)(OC[C@H]1O[C@@H](n2ncc3c(NC4CCCC4)nc(Cl)nc32)[C@H](O)[C@@H]1O)P(=O)(O)O. The predicted octanol–water partition coefficient (Wildman–Crippen LogP) is 0.637. The van der Waals surface area contributed by atoms with E-state index >= 15 is 0 Å². The minimum Gasteiger partial charge on any atom is -0.387 e. The smallest absolute Gasteiger partial charge is 0.361 e. The lowest BCUT2D eigenvalue weighted by Crippen LogP contribution is -2.45. The first kappa shape index (κ1) is 27.6. The quantitative estimate of drug-likeness (QED) is 0.193. The molecule has 2 aromatic rings. The third-order valence-electron chi connectivity index (χ3n) is 6.49. The van der Waals surface area contributed by atoms with Crippen molar-refractivity contribution in [2.75, 3.05) is 39.4 Å². The number of hydrogen-bond donors (Lipinski definition) is 5. The number of anilines is 1. The first-order valence-corrected chi connectivity index (χ1v) is 13.5. The van der Waals surface area contributed by atoms with Gasteiger partial charge in [0.2, 0.25) is 10.6 Å². The number of halogens is 1. The van der Waals surface area contributed by atoms with E-state index < -0.39 is 57.3 Å². The number of nitrogens with one attached hydrogen (secondary N) is 1. The highest BCUT2D eigenvalue weighted by molar-refractivity contribution is 7.53.